The first-order valence-corrected chi connectivity index (χ1v) is 13.5. The molecule has 0 amide bonds. The number of aliphatic hydroxyl groups excluding tert-OH is 1. The van der Waals surface area contributed by atoms with Crippen molar-refractivity contribution in [2.45, 2.75) is 38.6 Å². The Labute approximate surface area is 214 Å². The van der Waals surface area contributed by atoms with Gasteiger partial charge in [-0.3, -0.25) is 13.4 Å². The Kier molecular flexibility index (Phi) is 8.56. The third-order valence-electron chi connectivity index (χ3n) is 6.65. The average molecular weight is 542 g/mol. The molecular formula is C25H28F3N2O4S2-. The quantitative estimate of drug-likeness (QED) is 0.385. The van der Waals surface area contributed by atoms with Crippen LogP contribution >= 0.6 is 11.3 Å². The molecule has 2 unspecified atom stereocenters. The van der Waals surface area contributed by atoms with Gasteiger partial charge in [0.15, 0.2) is 0 Å². The Morgan fingerprint density at radius 3 is 2.44 bits per heavy atom. The maximum Gasteiger partial charge on any atom is 0.573 e. The highest BCUT2D eigenvalue weighted by molar-refractivity contribution is 7.81. The molecule has 0 bridgehead atoms. The molecule has 1 aliphatic heterocycles. The van der Waals surface area contributed by atoms with Crippen LogP contribution in [0.4, 0.5) is 18.2 Å². The van der Waals surface area contributed by atoms with Crippen LogP contribution in [0.15, 0.2) is 48.5 Å². The molecule has 1 aromatic heterocycles. The average Bonchev–Trinajstić information content (AvgIpc) is 3.18. The minimum Gasteiger partial charge on any atom is -0.755 e. The maximum absolute atomic E-state index is 12.5. The first-order chi connectivity index (χ1) is 17.1. The molecule has 11 heteroatoms. The third-order valence-corrected chi connectivity index (χ3v) is 8.76. The van der Waals surface area contributed by atoms with Gasteiger partial charge in [-0.1, -0.05) is 30.3 Å². The summed E-state index contributed by atoms with van der Waals surface area (Å²) in [5.41, 5.74) is 1.68. The zero-order chi connectivity index (χ0) is 25.9. The van der Waals surface area contributed by atoms with Gasteiger partial charge in [0.2, 0.25) is 0 Å². The highest BCUT2D eigenvalue weighted by Gasteiger charge is 2.31. The van der Waals surface area contributed by atoms with E-state index in [1.54, 1.807) is 12.1 Å². The fraction of sp³-hybridized carbons (Fsp3) is 0.440. The minimum atomic E-state index is -4.76. The molecule has 1 aliphatic rings. The smallest absolute Gasteiger partial charge is 0.573 e. The SMILES string of the molecule is Cc1c(N(CC(Cc2ccc(OC(F)(F)F)cc2)N2CCC(CO)CC2)S(=O)[O-])sc2ccccc12. The summed E-state index contributed by atoms with van der Waals surface area (Å²) >= 11 is -1.09. The lowest BCUT2D eigenvalue weighted by molar-refractivity contribution is -0.274. The normalized spacial score (nSPS) is 17.3. The van der Waals surface area contributed by atoms with Crippen molar-refractivity contribution in [3.63, 3.8) is 0 Å². The number of piperidine rings is 1. The van der Waals surface area contributed by atoms with E-state index in [0.29, 0.717) is 24.5 Å². The van der Waals surface area contributed by atoms with Crippen LogP contribution in [0, 0.1) is 12.8 Å². The van der Waals surface area contributed by atoms with Crippen molar-refractivity contribution in [2.75, 3.05) is 30.5 Å². The number of thiophene rings is 1. The van der Waals surface area contributed by atoms with E-state index in [2.05, 4.69) is 9.64 Å². The highest BCUT2D eigenvalue weighted by atomic mass is 32.2. The first-order valence-electron chi connectivity index (χ1n) is 11.7. The number of likely N-dealkylation sites (tertiary alicyclic amines) is 1. The van der Waals surface area contributed by atoms with Crippen molar-refractivity contribution < 1.29 is 31.8 Å². The molecular weight excluding hydrogens is 513 g/mol. The largest absolute Gasteiger partial charge is 0.755 e. The van der Waals surface area contributed by atoms with Crippen molar-refractivity contribution in [1.29, 1.82) is 0 Å². The van der Waals surface area contributed by atoms with E-state index in [0.717, 1.165) is 34.1 Å². The number of hydrogen-bond donors (Lipinski definition) is 1. The monoisotopic (exact) mass is 541 g/mol. The van der Waals surface area contributed by atoms with E-state index in [-0.39, 0.29) is 30.9 Å². The molecule has 0 aliphatic carbocycles. The summed E-state index contributed by atoms with van der Waals surface area (Å²) in [7, 11) is 0. The Morgan fingerprint density at radius 2 is 1.86 bits per heavy atom. The van der Waals surface area contributed by atoms with Crippen LogP contribution in [0.3, 0.4) is 0 Å². The van der Waals surface area contributed by atoms with Crippen LogP contribution < -0.4 is 9.04 Å². The summed E-state index contributed by atoms with van der Waals surface area (Å²) in [6, 6.07) is 13.3. The van der Waals surface area contributed by atoms with Crippen LogP contribution in [0.1, 0.15) is 24.0 Å². The molecule has 0 spiro atoms. The predicted molar refractivity (Wildman–Crippen MR) is 135 cm³/mol. The molecule has 3 aromatic rings. The number of rotatable bonds is 9. The molecule has 2 atom stereocenters. The van der Waals surface area contributed by atoms with Crippen molar-refractivity contribution >= 4 is 37.7 Å². The Morgan fingerprint density at radius 1 is 1.19 bits per heavy atom. The molecule has 1 N–H and O–H groups in total. The Bertz CT molecular complexity index is 1180. The molecule has 0 radical (unpaired) electrons. The molecule has 36 heavy (non-hydrogen) atoms. The van der Waals surface area contributed by atoms with Gasteiger partial charge in [0, 0.05) is 35.2 Å². The number of nitrogens with zero attached hydrogens (tertiary/aromatic N) is 2. The Balaban J connectivity index is 1.59. The molecule has 0 saturated carbocycles. The van der Waals surface area contributed by atoms with Gasteiger partial charge in [-0.2, -0.15) is 0 Å². The number of ether oxygens (including phenoxy) is 1. The van der Waals surface area contributed by atoms with E-state index >= 15 is 0 Å². The molecule has 6 nitrogen and oxygen atoms in total. The van der Waals surface area contributed by atoms with Crippen molar-refractivity contribution in [3.8, 4) is 5.75 Å². The summed E-state index contributed by atoms with van der Waals surface area (Å²) < 4.78 is 68.8. The molecule has 4 rings (SSSR count). The number of aliphatic hydroxyl groups is 1. The molecule has 196 valence electrons. The van der Waals surface area contributed by atoms with Crippen LogP contribution in [0.5, 0.6) is 5.75 Å². The number of fused-ring (bicyclic) bond motifs is 1. The number of anilines is 1. The topological polar surface area (TPSA) is 76.1 Å². The number of hydrogen-bond acceptors (Lipinski definition) is 6. The van der Waals surface area contributed by atoms with Crippen molar-refractivity contribution in [1.82, 2.24) is 4.90 Å². The molecule has 1 saturated heterocycles. The van der Waals surface area contributed by atoms with Gasteiger partial charge in [0.1, 0.15) is 10.8 Å². The van der Waals surface area contributed by atoms with E-state index in [1.807, 2.05) is 31.2 Å². The van der Waals surface area contributed by atoms with Crippen LogP contribution in [-0.4, -0.2) is 57.4 Å². The zero-order valence-electron chi connectivity index (χ0n) is 19.7. The maximum atomic E-state index is 12.5. The van der Waals surface area contributed by atoms with Gasteiger partial charge in [0.25, 0.3) is 0 Å². The summed E-state index contributed by atoms with van der Waals surface area (Å²) in [5, 5.41) is 11.2. The van der Waals surface area contributed by atoms with Crippen LogP contribution in [0.25, 0.3) is 10.1 Å². The van der Waals surface area contributed by atoms with E-state index in [4.69, 9.17) is 0 Å². The lowest BCUT2D eigenvalue weighted by Crippen LogP contribution is -2.49. The van der Waals surface area contributed by atoms with E-state index < -0.39 is 17.6 Å². The van der Waals surface area contributed by atoms with Gasteiger partial charge in [-0.05, 0) is 79.9 Å². The Hall–Kier alpha value is -2.18. The highest BCUT2D eigenvalue weighted by Crippen LogP contribution is 2.38. The fourth-order valence-corrected chi connectivity index (χ4v) is 6.70. The molecule has 2 heterocycles. The van der Waals surface area contributed by atoms with Gasteiger partial charge >= 0.3 is 6.36 Å². The van der Waals surface area contributed by atoms with E-state index in [9.17, 15) is 27.0 Å². The van der Waals surface area contributed by atoms with Gasteiger partial charge in [0.05, 0.1) is 0 Å². The summed E-state index contributed by atoms with van der Waals surface area (Å²) in [6.45, 7) is 3.64. The standard InChI is InChI=1S/C25H29F3N2O4S2/c1-17-22-4-2-3-5-23(22)35-24(17)30(36(32)33)15-20(29-12-10-19(16-31)11-13-29)14-18-6-8-21(9-7-18)34-25(26,27)28/h2-9,19-20,31H,10-16H2,1H3,(H,32,33)/p-1. The number of halogens is 3. The number of benzene rings is 2. The molecule has 2 aromatic carbocycles. The zero-order valence-corrected chi connectivity index (χ0v) is 21.4. The minimum absolute atomic E-state index is 0.122. The van der Waals surface area contributed by atoms with Crippen molar-refractivity contribution in [2.24, 2.45) is 5.92 Å². The predicted octanol–water partition coefficient (Wildman–Crippen LogP) is 5.02. The van der Waals surface area contributed by atoms with Gasteiger partial charge < -0.3 is 14.4 Å². The lowest BCUT2D eigenvalue weighted by Gasteiger charge is -2.40. The lowest BCUT2D eigenvalue weighted by atomic mass is 9.95. The second-order valence-corrected chi connectivity index (χ2v) is 10.9. The van der Waals surface area contributed by atoms with Crippen LogP contribution in [0.2, 0.25) is 0 Å². The fourth-order valence-electron chi connectivity index (χ4n) is 4.71. The van der Waals surface area contributed by atoms with Gasteiger partial charge in [-0.15, -0.1) is 24.5 Å². The second-order valence-electron chi connectivity index (χ2n) is 9.02. The third kappa shape index (κ3) is 6.57. The number of aryl methyl sites for hydroxylation is 1. The number of alkyl halides is 3. The summed E-state index contributed by atoms with van der Waals surface area (Å²) in [5.74, 6) is -0.0787. The summed E-state index contributed by atoms with van der Waals surface area (Å²) in [6.07, 6.45) is -2.71. The molecule has 1 fully saturated rings. The van der Waals surface area contributed by atoms with Gasteiger partial charge in [-0.25, -0.2) is 0 Å². The summed E-state index contributed by atoms with van der Waals surface area (Å²) in [4.78, 5) is 2.22. The first kappa shape index (κ1) is 26.9. The van der Waals surface area contributed by atoms with Crippen LogP contribution in [-0.2, 0) is 17.7 Å². The van der Waals surface area contributed by atoms with E-state index in [1.165, 1.54) is 27.8 Å². The second kappa shape index (κ2) is 11.5. The van der Waals surface area contributed by atoms with Crippen molar-refractivity contribution in [3.05, 3.63) is 59.7 Å².